The van der Waals surface area contributed by atoms with Gasteiger partial charge in [-0.05, 0) is 70.6 Å². The highest BCUT2D eigenvalue weighted by Gasteiger charge is 2.27. The Kier molecular flexibility index (Phi) is 5.47. The molecule has 1 aliphatic heterocycles. The molecule has 1 aliphatic rings. The number of rotatable bonds is 2. The minimum absolute atomic E-state index is 0.867. The lowest BCUT2D eigenvalue weighted by Gasteiger charge is -2.12. The van der Waals surface area contributed by atoms with Crippen LogP contribution in [-0.4, -0.2) is 19.1 Å². The fraction of sp³-hybridized carbons (Fsp3) is 0. The molecule has 12 rings (SSSR count). The molecule has 8 aromatic carbocycles. The fourth-order valence-corrected chi connectivity index (χ4v) is 8.74. The molecule has 0 atom stereocenters. The normalized spacial score (nSPS) is 12.2. The highest BCUT2D eigenvalue weighted by molar-refractivity contribution is 6.20. The molecular weight excluding hydrogens is 633 g/mol. The zero-order chi connectivity index (χ0) is 33.9. The van der Waals surface area contributed by atoms with Crippen LogP contribution in [0.1, 0.15) is 0 Å². The van der Waals surface area contributed by atoms with E-state index in [1.807, 2.05) is 12.1 Å². The smallest absolute Gasteiger partial charge is 0.165 e. The van der Waals surface area contributed by atoms with E-state index in [0.717, 1.165) is 39.3 Å². The van der Waals surface area contributed by atoms with Gasteiger partial charge in [-0.3, -0.25) is 4.57 Å². The summed E-state index contributed by atoms with van der Waals surface area (Å²) in [5.74, 6) is 0.867. The predicted octanol–water partition coefficient (Wildman–Crippen LogP) is 12.3. The topological polar surface area (TPSA) is 35.6 Å². The lowest BCUT2D eigenvalue weighted by Crippen LogP contribution is -2.02. The van der Waals surface area contributed by atoms with Gasteiger partial charge in [0.05, 0.1) is 33.1 Å². The molecule has 0 unspecified atom stereocenters. The summed E-state index contributed by atoms with van der Waals surface area (Å²) in [6, 6.07) is 61.3. The van der Waals surface area contributed by atoms with Crippen LogP contribution in [0.25, 0.3) is 110 Å². The van der Waals surface area contributed by atoms with Crippen molar-refractivity contribution >= 4 is 65.4 Å². The standard InChI is InChI=1S/C48H28N4/c1-2-12-32(13-3-1)51-43-25-22-30(28-40(43)38-24-21-29-11-4-5-14-33(29)46(38)51)31-23-26-44-39(27-31)37-18-10-17-36-34-15-6-7-16-35(34)45-48(52(44)47(36)37)50-42-20-9-8-19-41(42)49-45/h1-28H. The summed E-state index contributed by atoms with van der Waals surface area (Å²) in [7, 11) is 0. The Balaban J connectivity index is 1.13. The zero-order valence-electron chi connectivity index (χ0n) is 28.0. The van der Waals surface area contributed by atoms with Crippen LogP contribution in [0.15, 0.2) is 170 Å². The van der Waals surface area contributed by atoms with E-state index in [-0.39, 0.29) is 0 Å². The number of hydrogen-bond acceptors (Lipinski definition) is 2. The highest BCUT2D eigenvalue weighted by Crippen LogP contribution is 2.47. The number of nitrogens with zero attached hydrogens (tertiary/aromatic N) is 4. The number of aromatic nitrogens is 4. The average molecular weight is 661 g/mol. The molecule has 4 nitrogen and oxygen atoms in total. The molecule has 0 spiro atoms. The Morgan fingerprint density at radius 1 is 0.365 bits per heavy atom. The van der Waals surface area contributed by atoms with E-state index in [1.54, 1.807) is 0 Å². The lowest BCUT2D eigenvalue weighted by atomic mass is 9.96. The molecule has 11 aromatic rings. The van der Waals surface area contributed by atoms with Gasteiger partial charge in [0.1, 0.15) is 5.69 Å². The third-order valence-electron chi connectivity index (χ3n) is 11.0. The SMILES string of the molecule is c1ccc(-n2c3ccc(-c4ccc5c(c4)c4cccc6c4n5-c4nc5ccccc5nc4-c4ccccc4-6)cc3c3ccc4ccccc4c32)cc1. The number of fused-ring (bicyclic) bond motifs is 14. The average Bonchev–Trinajstić information content (AvgIpc) is 3.69. The van der Waals surface area contributed by atoms with Gasteiger partial charge in [-0.1, -0.05) is 121 Å². The molecule has 0 amide bonds. The second kappa shape index (κ2) is 10.3. The first-order valence-corrected chi connectivity index (χ1v) is 17.8. The molecule has 0 saturated heterocycles. The third kappa shape index (κ3) is 3.70. The molecule has 3 aromatic heterocycles. The van der Waals surface area contributed by atoms with Crippen molar-refractivity contribution in [2.24, 2.45) is 0 Å². The first kappa shape index (κ1) is 27.7. The molecule has 240 valence electrons. The molecule has 0 bridgehead atoms. The van der Waals surface area contributed by atoms with Crippen molar-refractivity contribution in [1.29, 1.82) is 0 Å². The van der Waals surface area contributed by atoms with Crippen molar-refractivity contribution in [3.63, 3.8) is 0 Å². The van der Waals surface area contributed by atoms with E-state index >= 15 is 0 Å². The van der Waals surface area contributed by atoms with Crippen LogP contribution in [0.2, 0.25) is 0 Å². The van der Waals surface area contributed by atoms with E-state index in [1.165, 1.54) is 71.1 Å². The Bertz CT molecular complexity index is 3290. The molecule has 4 heteroatoms. The van der Waals surface area contributed by atoms with Crippen molar-refractivity contribution in [3.8, 4) is 45.0 Å². The van der Waals surface area contributed by atoms with E-state index < -0.39 is 0 Å². The summed E-state index contributed by atoms with van der Waals surface area (Å²) in [4.78, 5) is 10.6. The fourth-order valence-electron chi connectivity index (χ4n) is 8.74. The summed E-state index contributed by atoms with van der Waals surface area (Å²) < 4.78 is 4.77. The monoisotopic (exact) mass is 660 g/mol. The van der Waals surface area contributed by atoms with Crippen LogP contribution in [-0.2, 0) is 0 Å². The van der Waals surface area contributed by atoms with E-state index in [4.69, 9.17) is 9.97 Å². The van der Waals surface area contributed by atoms with E-state index in [0.29, 0.717) is 0 Å². The van der Waals surface area contributed by atoms with Gasteiger partial charge in [0, 0.05) is 43.7 Å². The molecule has 4 heterocycles. The van der Waals surface area contributed by atoms with Gasteiger partial charge in [0.15, 0.2) is 5.82 Å². The van der Waals surface area contributed by atoms with Crippen LogP contribution < -0.4 is 0 Å². The summed E-state index contributed by atoms with van der Waals surface area (Å²) in [5, 5.41) is 7.41. The van der Waals surface area contributed by atoms with Gasteiger partial charge in [-0.15, -0.1) is 0 Å². The van der Waals surface area contributed by atoms with Crippen LogP contribution in [0.4, 0.5) is 0 Å². The van der Waals surface area contributed by atoms with Gasteiger partial charge in [-0.25, -0.2) is 9.97 Å². The van der Waals surface area contributed by atoms with Crippen LogP contribution >= 0.6 is 0 Å². The number of benzene rings is 8. The first-order chi connectivity index (χ1) is 25.8. The largest absolute Gasteiger partial charge is 0.309 e. The maximum absolute atomic E-state index is 5.31. The molecule has 0 saturated carbocycles. The zero-order valence-corrected chi connectivity index (χ0v) is 28.0. The Morgan fingerprint density at radius 2 is 0.981 bits per heavy atom. The van der Waals surface area contributed by atoms with Crippen molar-refractivity contribution in [2.75, 3.05) is 0 Å². The molecule has 0 radical (unpaired) electrons. The van der Waals surface area contributed by atoms with E-state index in [9.17, 15) is 0 Å². The minimum atomic E-state index is 0.867. The summed E-state index contributed by atoms with van der Waals surface area (Å²) >= 11 is 0. The van der Waals surface area contributed by atoms with Gasteiger partial charge in [-0.2, -0.15) is 0 Å². The van der Waals surface area contributed by atoms with Crippen molar-refractivity contribution in [3.05, 3.63) is 170 Å². The Morgan fingerprint density at radius 3 is 1.79 bits per heavy atom. The third-order valence-corrected chi connectivity index (χ3v) is 11.0. The van der Waals surface area contributed by atoms with Crippen molar-refractivity contribution in [1.82, 2.24) is 19.1 Å². The summed E-state index contributed by atoms with van der Waals surface area (Å²) in [6.07, 6.45) is 0. The van der Waals surface area contributed by atoms with Crippen LogP contribution in [0.5, 0.6) is 0 Å². The second-order valence-electron chi connectivity index (χ2n) is 13.8. The Hall–Kier alpha value is -7.04. The molecule has 0 N–H and O–H groups in total. The van der Waals surface area contributed by atoms with Gasteiger partial charge >= 0.3 is 0 Å². The lowest BCUT2D eigenvalue weighted by molar-refractivity contribution is 1.09. The van der Waals surface area contributed by atoms with Gasteiger partial charge in [0.25, 0.3) is 0 Å². The highest BCUT2D eigenvalue weighted by atomic mass is 15.1. The van der Waals surface area contributed by atoms with Crippen molar-refractivity contribution < 1.29 is 0 Å². The van der Waals surface area contributed by atoms with Gasteiger partial charge in [0.2, 0.25) is 0 Å². The van der Waals surface area contributed by atoms with Crippen LogP contribution in [0, 0.1) is 0 Å². The maximum Gasteiger partial charge on any atom is 0.165 e. The second-order valence-corrected chi connectivity index (χ2v) is 13.8. The maximum atomic E-state index is 5.31. The summed E-state index contributed by atoms with van der Waals surface area (Å²) in [6.45, 7) is 0. The molecule has 0 aliphatic carbocycles. The molecule has 0 fully saturated rings. The number of hydrogen-bond donors (Lipinski definition) is 0. The predicted molar refractivity (Wildman–Crippen MR) is 216 cm³/mol. The summed E-state index contributed by atoms with van der Waals surface area (Å²) in [5.41, 5.74) is 14.4. The molecular formula is C48H28N4. The van der Waals surface area contributed by atoms with Gasteiger partial charge < -0.3 is 4.57 Å². The Labute approximate surface area is 298 Å². The quantitative estimate of drug-likeness (QED) is 0.185. The van der Waals surface area contributed by atoms with Crippen molar-refractivity contribution in [2.45, 2.75) is 0 Å². The first-order valence-electron chi connectivity index (χ1n) is 17.8. The minimum Gasteiger partial charge on any atom is -0.309 e. The molecule has 52 heavy (non-hydrogen) atoms. The number of para-hydroxylation sites is 4. The van der Waals surface area contributed by atoms with E-state index in [2.05, 4.69) is 167 Å². The van der Waals surface area contributed by atoms with Crippen LogP contribution in [0.3, 0.4) is 0 Å².